The van der Waals surface area contributed by atoms with Gasteiger partial charge in [0.15, 0.2) is 0 Å². The topological polar surface area (TPSA) is 102 Å². The summed E-state index contributed by atoms with van der Waals surface area (Å²) in [4.78, 5) is 27.9. The Bertz CT molecular complexity index is 568. The predicted octanol–water partition coefficient (Wildman–Crippen LogP) is 1.47. The van der Waals surface area contributed by atoms with E-state index in [0.29, 0.717) is 31.6 Å². The molecule has 1 unspecified atom stereocenters. The molecular formula is C12H18N4O4. The van der Waals surface area contributed by atoms with Crippen LogP contribution in [0.1, 0.15) is 32.0 Å². The molecule has 0 bridgehead atoms. The number of aromatic nitrogens is 2. The molecule has 8 heteroatoms. The van der Waals surface area contributed by atoms with Crippen molar-refractivity contribution in [3.05, 3.63) is 15.9 Å². The number of aryl methyl sites for hydroxylation is 1. The third-order valence-corrected chi connectivity index (χ3v) is 4.17. The van der Waals surface area contributed by atoms with Crippen molar-refractivity contribution in [1.82, 2.24) is 9.55 Å². The smallest absolute Gasteiger partial charge is 0.406 e. The molecule has 8 nitrogen and oxygen atoms in total. The number of hydrogen-bond donors (Lipinski definition) is 1. The van der Waals surface area contributed by atoms with Crippen LogP contribution in [0.15, 0.2) is 0 Å². The van der Waals surface area contributed by atoms with Crippen LogP contribution in [0, 0.1) is 17.0 Å². The predicted molar refractivity (Wildman–Crippen MR) is 71.8 cm³/mol. The number of nitrogens with zero attached hydrogens (tertiary/aromatic N) is 4. The summed E-state index contributed by atoms with van der Waals surface area (Å²) in [5.74, 6) is -0.431. The highest BCUT2D eigenvalue weighted by Gasteiger charge is 2.49. The molecule has 0 radical (unpaired) electrons. The number of nitro groups is 1. The minimum absolute atomic E-state index is 0.272. The Morgan fingerprint density at radius 2 is 2.25 bits per heavy atom. The zero-order chi connectivity index (χ0) is 15.1. The van der Waals surface area contributed by atoms with Gasteiger partial charge < -0.3 is 20.1 Å². The van der Waals surface area contributed by atoms with E-state index in [-0.39, 0.29) is 11.6 Å². The number of rotatable bonds is 4. The first-order valence-corrected chi connectivity index (χ1v) is 6.54. The number of carboxylic acid groups (broad SMARTS) is 1. The van der Waals surface area contributed by atoms with Gasteiger partial charge in [-0.15, -0.1) is 0 Å². The van der Waals surface area contributed by atoms with Gasteiger partial charge in [0, 0.05) is 20.5 Å². The summed E-state index contributed by atoms with van der Waals surface area (Å²) in [6, 6.07) is 0. The van der Waals surface area contributed by atoms with Crippen molar-refractivity contribution in [1.29, 1.82) is 0 Å². The summed E-state index contributed by atoms with van der Waals surface area (Å²) < 4.78 is 1.59. The highest BCUT2D eigenvalue weighted by molar-refractivity contribution is 5.85. The fourth-order valence-electron chi connectivity index (χ4n) is 2.93. The first-order valence-electron chi connectivity index (χ1n) is 6.54. The van der Waals surface area contributed by atoms with E-state index < -0.39 is 16.4 Å². The maximum atomic E-state index is 11.7. The maximum absolute atomic E-state index is 11.7. The summed E-state index contributed by atoms with van der Waals surface area (Å²) in [5.41, 5.74) is -1.08. The van der Waals surface area contributed by atoms with E-state index >= 15 is 0 Å². The molecule has 1 aromatic rings. The minimum atomic E-state index is -1.08. The Morgan fingerprint density at radius 3 is 2.75 bits per heavy atom. The van der Waals surface area contributed by atoms with Crippen LogP contribution in [0.5, 0.6) is 0 Å². The van der Waals surface area contributed by atoms with Crippen molar-refractivity contribution in [3.63, 3.8) is 0 Å². The third kappa shape index (κ3) is 1.83. The van der Waals surface area contributed by atoms with Crippen molar-refractivity contribution in [2.24, 2.45) is 7.05 Å². The molecular weight excluding hydrogens is 264 g/mol. The molecule has 1 fully saturated rings. The average Bonchev–Trinajstić information content (AvgIpc) is 2.92. The van der Waals surface area contributed by atoms with Gasteiger partial charge in [-0.1, -0.05) is 6.92 Å². The van der Waals surface area contributed by atoms with Crippen molar-refractivity contribution in [2.75, 3.05) is 11.4 Å². The van der Waals surface area contributed by atoms with Gasteiger partial charge in [-0.2, -0.15) is 0 Å². The summed E-state index contributed by atoms with van der Waals surface area (Å²) in [5, 5.41) is 20.8. The molecule has 1 atom stereocenters. The Morgan fingerprint density at radius 1 is 1.60 bits per heavy atom. The number of imidazole rings is 1. The largest absolute Gasteiger partial charge is 0.479 e. The molecule has 0 aliphatic carbocycles. The van der Waals surface area contributed by atoms with E-state index in [2.05, 4.69) is 4.98 Å². The van der Waals surface area contributed by atoms with Gasteiger partial charge in [0.05, 0.1) is 0 Å². The van der Waals surface area contributed by atoms with Crippen LogP contribution in [0.4, 0.5) is 11.6 Å². The van der Waals surface area contributed by atoms with E-state index in [0.717, 1.165) is 0 Å². The SMILES string of the molecule is CCC1(C(=O)O)CCCN1c1c([N+](=O)[O-])nc(C)n1C. The molecule has 1 aliphatic heterocycles. The second-order valence-corrected chi connectivity index (χ2v) is 5.07. The summed E-state index contributed by atoms with van der Waals surface area (Å²) >= 11 is 0. The average molecular weight is 282 g/mol. The van der Waals surface area contributed by atoms with E-state index in [9.17, 15) is 20.0 Å². The molecule has 0 saturated carbocycles. The third-order valence-electron chi connectivity index (χ3n) is 4.17. The van der Waals surface area contributed by atoms with Gasteiger partial charge in [0.2, 0.25) is 11.6 Å². The standard InChI is InChI=1S/C12H18N4O4/c1-4-12(11(17)18)6-5-7-15(12)10-9(16(19)20)13-8(2)14(10)3/h4-7H2,1-3H3,(H,17,18). The van der Waals surface area contributed by atoms with Gasteiger partial charge >= 0.3 is 11.8 Å². The summed E-state index contributed by atoms with van der Waals surface area (Å²) in [6.45, 7) is 3.95. The molecule has 1 aromatic heterocycles. The number of hydrogen-bond acceptors (Lipinski definition) is 5. The molecule has 0 spiro atoms. The molecule has 20 heavy (non-hydrogen) atoms. The zero-order valence-electron chi connectivity index (χ0n) is 11.8. The number of anilines is 1. The molecule has 1 N–H and O–H groups in total. The Hall–Kier alpha value is -2.12. The first kappa shape index (κ1) is 14.3. The molecule has 2 rings (SSSR count). The molecule has 110 valence electrons. The van der Waals surface area contributed by atoms with Gasteiger partial charge in [0.25, 0.3) is 0 Å². The normalized spacial score (nSPS) is 22.2. The number of aliphatic carboxylic acids is 1. The first-order chi connectivity index (χ1) is 9.35. The van der Waals surface area contributed by atoms with Gasteiger partial charge in [-0.3, -0.25) is 4.57 Å². The van der Waals surface area contributed by atoms with Gasteiger partial charge in [-0.05, 0) is 29.2 Å². The molecule has 0 aromatic carbocycles. The van der Waals surface area contributed by atoms with E-state index in [4.69, 9.17) is 0 Å². The number of carboxylic acids is 1. The van der Waals surface area contributed by atoms with Crippen LogP contribution >= 0.6 is 0 Å². The van der Waals surface area contributed by atoms with Crippen LogP contribution in [0.3, 0.4) is 0 Å². The minimum Gasteiger partial charge on any atom is -0.479 e. The quantitative estimate of drug-likeness (QED) is 0.662. The van der Waals surface area contributed by atoms with E-state index in [1.54, 1.807) is 30.4 Å². The van der Waals surface area contributed by atoms with Crippen LogP contribution in [0.2, 0.25) is 0 Å². The number of carbonyl (C=O) groups is 1. The van der Waals surface area contributed by atoms with Crippen LogP contribution in [-0.4, -0.2) is 37.6 Å². The van der Waals surface area contributed by atoms with Crippen LogP contribution in [-0.2, 0) is 11.8 Å². The van der Waals surface area contributed by atoms with Crippen molar-refractivity contribution < 1.29 is 14.8 Å². The molecule has 2 heterocycles. The Balaban J connectivity index is 2.61. The van der Waals surface area contributed by atoms with Crippen LogP contribution < -0.4 is 4.90 Å². The lowest BCUT2D eigenvalue weighted by atomic mass is 9.93. The molecule has 1 saturated heterocycles. The van der Waals surface area contributed by atoms with Crippen molar-refractivity contribution >= 4 is 17.6 Å². The molecule has 0 amide bonds. The lowest BCUT2D eigenvalue weighted by Gasteiger charge is -2.34. The summed E-state index contributed by atoms with van der Waals surface area (Å²) in [6.07, 6.45) is 1.57. The van der Waals surface area contributed by atoms with Crippen LogP contribution in [0.25, 0.3) is 0 Å². The van der Waals surface area contributed by atoms with Gasteiger partial charge in [-0.25, -0.2) is 4.79 Å². The van der Waals surface area contributed by atoms with Crippen molar-refractivity contribution in [2.45, 2.75) is 38.6 Å². The molecule has 1 aliphatic rings. The second-order valence-electron chi connectivity index (χ2n) is 5.07. The van der Waals surface area contributed by atoms with Crippen molar-refractivity contribution in [3.8, 4) is 0 Å². The lowest BCUT2D eigenvalue weighted by Crippen LogP contribution is -2.51. The zero-order valence-corrected chi connectivity index (χ0v) is 11.8. The monoisotopic (exact) mass is 282 g/mol. The maximum Gasteiger partial charge on any atom is 0.406 e. The second kappa shape index (κ2) is 4.77. The lowest BCUT2D eigenvalue weighted by molar-refractivity contribution is -0.388. The Labute approximate surface area is 116 Å². The van der Waals surface area contributed by atoms with E-state index in [1.165, 1.54) is 0 Å². The highest BCUT2D eigenvalue weighted by atomic mass is 16.6. The fourth-order valence-corrected chi connectivity index (χ4v) is 2.93. The fraction of sp³-hybridized carbons (Fsp3) is 0.667. The van der Waals surface area contributed by atoms with E-state index in [1.807, 2.05) is 0 Å². The van der Waals surface area contributed by atoms with Gasteiger partial charge in [0.1, 0.15) is 5.54 Å². The summed E-state index contributed by atoms with van der Waals surface area (Å²) in [7, 11) is 1.67. The Kier molecular flexibility index (Phi) is 3.41. The highest BCUT2D eigenvalue weighted by Crippen LogP contribution is 2.40.